The number of nitrogens with two attached hydrogens (primary N) is 1. The van der Waals surface area contributed by atoms with Crippen molar-refractivity contribution >= 4 is 23.4 Å². The number of aromatic amines is 1. The zero-order valence-corrected chi connectivity index (χ0v) is 22.4. The quantitative estimate of drug-likeness (QED) is 0.245. The van der Waals surface area contributed by atoms with Gasteiger partial charge in [0, 0.05) is 19.3 Å². The first kappa shape index (κ1) is 27.1. The van der Waals surface area contributed by atoms with Crippen LogP contribution in [0.5, 0.6) is 0 Å². The van der Waals surface area contributed by atoms with Crippen LogP contribution in [0.4, 0.5) is 20.4 Å². The number of rotatable bonds is 8. The molecule has 1 aromatic carbocycles. The molecule has 0 saturated heterocycles. The molecule has 2 saturated carbocycles. The molecule has 2 aromatic heterocycles. The summed E-state index contributed by atoms with van der Waals surface area (Å²) in [4.78, 5) is 11.8. The largest absolute Gasteiger partial charge is 0.374 e. The van der Waals surface area contributed by atoms with Gasteiger partial charge >= 0.3 is 0 Å². The average Bonchev–Trinajstić information content (AvgIpc) is 3.57. The number of nitrogens with zero attached hydrogens (tertiary/aromatic N) is 2. The molecule has 2 aliphatic carbocycles. The fourth-order valence-corrected chi connectivity index (χ4v) is 6.29. The lowest BCUT2D eigenvalue weighted by molar-refractivity contribution is -0.00917. The molecule has 9 heteroatoms. The number of hydrogen-bond donors (Lipinski definition) is 4. The van der Waals surface area contributed by atoms with E-state index in [0.29, 0.717) is 29.0 Å². The number of imidazole rings is 1. The predicted molar refractivity (Wildman–Crippen MR) is 149 cm³/mol. The van der Waals surface area contributed by atoms with Crippen LogP contribution >= 0.6 is 0 Å². The van der Waals surface area contributed by atoms with Crippen molar-refractivity contribution in [3.63, 3.8) is 0 Å². The maximum absolute atomic E-state index is 15.0. The minimum Gasteiger partial charge on any atom is -0.374 e. The van der Waals surface area contributed by atoms with E-state index >= 15 is 8.78 Å². The second-order valence-electron chi connectivity index (χ2n) is 11.0. The van der Waals surface area contributed by atoms with E-state index in [-0.39, 0.29) is 17.3 Å². The summed E-state index contributed by atoms with van der Waals surface area (Å²) in [6, 6.07) is 4.82. The highest BCUT2D eigenvalue weighted by Crippen LogP contribution is 2.42. The number of nitrogens with one attached hydrogen (secondary N) is 3. The SMILES string of the molecule is COC1(c2cc(F)c(C(=N)/C=C\c3cnc(Nc4cnccc4C4CC(C)CC(N)C4)[nH]3)c(F)c2)CCCC1. The number of hydrogen-bond acceptors (Lipinski definition) is 6. The zero-order chi connectivity index (χ0) is 27.6. The van der Waals surface area contributed by atoms with E-state index < -0.39 is 17.2 Å². The third-order valence-corrected chi connectivity index (χ3v) is 8.19. The molecule has 2 fully saturated rings. The molecule has 5 N–H and O–H groups in total. The van der Waals surface area contributed by atoms with Gasteiger partial charge in [-0.2, -0.15) is 0 Å². The first-order valence-electron chi connectivity index (χ1n) is 13.6. The van der Waals surface area contributed by atoms with Gasteiger partial charge in [0.15, 0.2) is 0 Å². The summed E-state index contributed by atoms with van der Waals surface area (Å²) in [6.07, 6.45) is 14.5. The Balaban J connectivity index is 1.29. The third-order valence-electron chi connectivity index (χ3n) is 8.19. The summed E-state index contributed by atoms with van der Waals surface area (Å²) in [5, 5.41) is 11.6. The molecule has 0 radical (unpaired) electrons. The second kappa shape index (κ2) is 11.4. The van der Waals surface area contributed by atoms with Crippen molar-refractivity contribution in [3.05, 3.63) is 76.9 Å². The Morgan fingerprint density at radius 1 is 1.18 bits per heavy atom. The number of halogens is 2. The summed E-state index contributed by atoms with van der Waals surface area (Å²) in [5.74, 6) is -0.129. The topological polar surface area (TPSA) is 113 Å². The molecule has 0 spiro atoms. The monoisotopic (exact) mass is 534 g/mol. The van der Waals surface area contributed by atoms with Gasteiger partial charge in [0.2, 0.25) is 5.95 Å². The van der Waals surface area contributed by atoms with E-state index in [1.54, 1.807) is 31.8 Å². The number of anilines is 2. The van der Waals surface area contributed by atoms with Crippen molar-refractivity contribution in [1.82, 2.24) is 15.0 Å². The molecule has 2 heterocycles. The minimum absolute atomic E-state index is 0.185. The van der Waals surface area contributed by atoms with Gasteiger partial charge in [-0.05, 0) is 85.4 Å². The van der Waals surface area contributed by atoms with E-state index in [4.69, 9.17) is 15.9 Å². The van der Waals surface area contributed by atoms with Crippen molar-refractivity contribution in [2.24, 2.45) is 11.7 Å². The van der Waals surface area contributed by atoms with E-state index in [1.807, 2.05) is 6.07 Å². The van der Waals surface area contributed by atoms with Crippen LogP contribution in [0.1, 0.15) is 80.2 Å². The van der Waals surface area contributed by atoms with Crippen molar-refractivity contribution in [3.8, 4) is 0 Å². The molecule has 0 bridgehead atoms. The van der Waals surface area contributed by atoms with Gasteiger partial charge in [-0.25, -0.2) is 13.8 Å². The molecular weight excluding hydrogens is 498 g/mol. The smallest absolute Gasteiger partial charge is 0.205 e. The second-order valence-corrected chi connectivity index (χ2v) is 11.0. The molecule has 5 rings (SSSR count). The van der Waals surface area contributed by atoms with Crippen LogP contribution < -0.4 is 11.1 Å². The molecule has 206 valence electrons. The van der Waals surface area contributed by atoms with Crippen LogP contribution in [-0.2, 0) is 10.3 Å². The highest BCUT2D eigenvalue weighted by molar-refractivity contribution is 6.09. The first-order valence-corrected chi connectivity index (χ1v) is 13.6. The van der Waals surface area contributed by atoms with Crippen LogP contribution in [0.15, 0.2) is 42.9 Å². The fraction of sp³-hybridized carbons (Fsp3) is 0.433. The molecule has 2 aliphatic rings. The summed E-state index contributed by atoms with van der Waals surface area (Å²) in [6.45, 7) is 2.24. The molecular formula is C30H36F2N6O. The number of ether oxygens (including phenoxy) is 1. The van der Waals surface area contributed by atoms with Crippen LogP contribution in [0, 0.1) is 23.0 Å². The first-order chi connectivity index (χ1) is 18.8. The summed E-state index contributed by atoms with van der Waals surface area (Å²) in [7, 11) is 1.58. The summed E-state index contributed by atoms with van der Waals surface area (Å²) < 4.78 is 35.7. The lowest BCUT2D eigenvalue weighted by atomic mass is 9.76. The Hall–Kier alpha value is -3.43. The standard InChI is InChI=1S/C30H36F2N6O/c1-18-11-19(13-21(33)12-18)23-7-10-35-17-27(23)38-29-36-16-22(37-29)5-6-26(34)28-24(31)14-20(15-25(28)32)30(39-2)8-3-4-9-30/h5-7,10,14-19,21,34H,3-4,8-9,11-13,33H2,1-2H3,(H2,36,37,38)/b6-5-,34-26?. The number of allylic oxidation sites excluding steroid dienone is 1. The maximum atomic E-state index is 15.0. The van der Waals surface area contributed by atoms with E-state index in [2.05, 4.69) is 27.2 Å². The number of pyridine rings is 1. The van der Waals surface area contributed by atoms with Crippen molar-refractivity contribution in [2.75, 3.05) is 12.4 Å². The average molecular weight is 535 g/mol. The predicted octanol–water partition coefficient (Wildman–Crippen LogP) is 6.55. The van der Waals surface area contributed by atoms with Crippen molar-refractivity contribution < 1.29 is 13.5 Å². The molecule has 7 nitrogen and oxygen atoms in total. The number of methoxy groups -OCH3 is 1. The van der Waals surface area contributed by atoms with Gasteiger partial charge in [-0.15, -0.1) is 0 Å². The molecule has 0 aliphatic heterocycles. The Bertz CT molecular complexity index is 1330. The van der Waals surface area contributed by atoms with Gasteiger partial charge < -0.3 is 26.2 Å². The van der Waals surface area contributed by atoms with Gasteiger partial charge in [0.1, 0.15) is 11.6 Å². The lowest BCUT2D eigenvalue weighted by Gasteiger charge is -2.32. The maximum Gasteiger partial charge on any atom is 0.205 e. The summed E-state index contributed by atoms with van der Waals surface area (Å²) >= 11 is 0. The van der Waals surface area contributed by atoms with Crippen LogP contribution in [0.2, 0.25) is 0 Å². The summed E-state index contributed by atoms with van der Waals surface area (Å²) in [5.41, 5.74) is 8.10. The zero-order valence-electron chi connectivity index (χ0n) is 22.4. The molecule has 39 heavy (non-hydrogen) atoms. The lowest BCUT2D eigenvalue weighted by Crippen LogP contribution is -2.31. The Morgan fingerprint density at radius 2 is 1.92 bits per heavy atom. The normalized spacial score (nSPS) is 22.8. The van der Waals surface area contributed by atoms with Gasteiger partial charge in [-0.1, -0.05) is 19.8 Å². The fourth-order valence-electron chi connectivity index (χ4n) is 6.29. The highest BCUT2D eigenvalue weighted by Gasteiger charge is 2.37. The number of H-pyrrole nitrogens is 1. The molecule has 3 unspecified atom stereocenters. The van der Waals surface area contributed by atoms with Crippen molar-refractivity contribution in [1.29, 1.82) is 5.41 Å². The Morgan fingerprint density at radius 3 is 2.62 bits per heavy atom. The van der Waals surface area contributed by atoms with Gasteiger partial charge in [0.05, 0.1) is 40.7 Å². The van der Waals surface area contributed by atoms with Crippen LogP contribution in [0.25, 0.3) is 6.08 Å². The van der Waals surface area contributed by atoms with Crippen molar-refractivity contribution in [2.45, 2.75) is 69.4 Å². The van der Waals surface area contributed by atoms with Crippen LogP contribution in [0.3, 0.4) is 0 Å². The third kappa shape index (κ3) is 5.79. The molecule has 3 atom stereocenters. The van der Waals surface area contributed by atoms with Crippen LogP contribution in [-0.4, -0.2) is 33.8 Å². The molecule has 0 amide bonds. The van der Waals surface area contributed by atoms with Gasteiger partial charge in [0.25, 0.3) is 0 Å². The highest BCUT2D eigenvalue weighted by atomic mass is 19.1. The molecule has 3 aromatic rings. The number of aromatic nitrogens is 3. The van der Waals surface area contributed by atoms with E-state index in [0.717, 1.165) is 56.2 Å². The van der Waals surface area contributed by atoms with E-state index in [1.165, 1.54) is 18.2 Å². The number of benzene rings is 1. The minimum atomic E-state index is -0.768. The van der Waals surface area contributed by atoms with E-state index in [9.17, 15) is 0 Å². The Kier molecular flexibility index (Phi) is 7.91. The van der Waals surface area contributed by atoms with Gasteiger partial charge in [-0.3, -0.25) is 4.98 Å². The Labute approximate surface area is 227 Å².